The molecule has 82 valence electrons. The molecule has 1 atom stereocenters. The van der Waals surface area contributed by atoms with E-state index in [9.17, 15) is 4.39 Å². The molecule has 0 spiro atoms. The molecule has 0 bridgehead atoms. The highest BCUT2D eigenvalue weighted by Crippen LogP contribution is 2.43. The number of nitrogens with one attached hydrogen (secondary N) is 1. The zero-order valence-electron chi connectivity index (χ0n) is 8.76. The molecule has 1 N–H and O–H groups in total. The van der Waals surface area contributed by atoms with Crippen molar-refractivity contribution in [2.24, 2.45) is 5.92 Å². The minimum absolute atomic E-state index is 0.0868. The topological polar surface area (TPSA) is 12.0 Å². The summed E-state index contributed by atoms with van der Waals surface area (Å²) in [7, 11) is 0. The van der Waals surface area contributed by atoms with Crippen LogP contribution in [0.15, 0.2) is 18.2 Å². The van der Waals surface area contributed by atoms with Gasteiger partial charge in [0.1, 0.15) is 5.82 Å². The van der Waals surface area contributed by atoms with Crippen LogP contribution in [0.4, 0.5) is 4.39 Å². The molecule has 1 aliphatic rings. The van der Waals surface area contributed by atoms with Crippen LogP contribution >= 0.6 is 11.6 Å². The quantitative estimate of drug-likeness (QED) is 0.830. The van der Waals surface area contributed by atoms with E-state index in [1.54, 1.807) is 12.1 Å². The smallest absolute Gasteiger partial charge is 0.129 e. The molecular weight excluding hydrogens is 213 g/mol. The van der Waals surface area contributed by atoms with Crippen LogP contribution in [0.2, 0.25) is 5.02 Å². The highest BCUT2D eigenvalue weighted by molar-refractivity contribution is 6.31. The van der Waals surface area contributed by atoms with Gasteiger partial charge in [-0.2, -0.15) is 0 Å². The molecule has 1 nitrogen and oxygen atoms in total. The van der Waals surface area contributed by atoms with Gasteiger partial charge in [-0.15, -0.1) is 0 Å². The first-order valence-electron chi connectivity index (χ1n) is 5.41. The zero-order chi connectivity index (χ0) is 10.8. The molecule has 1 unspecified atom stereocenters. The highest BCUT2D eigenvalue weighted by atomic mass is 35.5. The lowest BCUT2D eigenvalue weighted by Crippen LogP contribution is -2.24. The predicted molar refractivity (Wildman–Crippen MR) is 60.6 cm³/mol. The maximum absolute atomic E-state index is 13.7. The third-order valence-corrected chi connectivity index (χ3v) is 3.16. The van der Waals surface area contributed by atoms with E-state index in [-0.39, 0.29) is 11.9 Å². The van der Waals surface area contributed by atoms with Gasteiger partial charge in [-0.05, 0) is 37.4 Å². The van der Waals surface area contributed by atoms with E-state index in [1.165, 1.54) is 18.9 Å². The Balaban J connectivity index is 2.31. The normalized spacial score (nSPS) is 17.8. The first-order chi connectivity index (χ1) is 7.24. The Kier molecular flexibility index (Phi) is 3.27. The number of halogens is 2. The Morgan fingerprint density at radius 3 is 2.80 bits per heavy atom. The van der Waals surface area contributed by atoms with Gasteiger partial charge in [0.15, 0.2) is 0 Å². The summed E-state index contributed by atoms with van der Waals surface area (Å²) in [5, 5.41) is 3.85. The first-order valence-corrected chi connectivity index (χ1v) is 5.79. The summed E-state index contributed by atoms with van der Waals surface area (Å²) < 4.78 is 13.7. The summed E-state index contributed by atoms with van der Waals surface area (Å²) in [6, 6.07) is 4.97. The molecule has 2 rings (SSSR count). The van der Waals surface area contributed by atoms with E-state index in [2.05, 4.69) is 5.32 Å². The molecule has 0 aliphatic heterocycles. The molecule has 3 heteroatoms. The fourth-order valence-corrected chi connectivity index (χ4v) is 2.24. The third kappa shape index (κ3) is 2.32. The van der Waals surface area contributed by atoms with Crippen LogP contribution in [-0.2, 0) is 0 Å². The lowest BCUT2D eigenvalue weighted by Gasteiger charge is -2.19. The maximum atomic E-state index is 13.7. The van der Waals surface area contributed by atoms with E-state index >= 15 is 0 Å². The number of benzene rings is 1. The van der Waals surface area contributed by atoms with Gasteiger partial charge in [0.25, 0.3) is 0 Å². The van der Waals surface area contributed by atoms with Crippen LogP contribution in [0.1, 0.15) is 31.4 Å². The molecule has 15 heavy (non-hydrogen) atoms. The lowest BCUT2D eigenvalue weighted by atomic mass is 10.0. The Morgan fingerprint density at radius 2 is 2.27 bits per heavy atom. The van der Waals surface area contributed by atoms with Crippen LogP contribution in [-0.4, -0.2) is 6.54 Å². The zero-order valence-corrected chi connectivity index (χ0v) is 9.52. The van der Waals surface area contributed by atoms with Gasteiger partial charge in [-0.25, -0.2) is 4.39 Å². The van der Waals surface area contributed by atoms with Crippen molar-refractivity contribution in [2.45, 2.75) is 25.8 Å². The fourth-order valence-electron chi connectivity index (χ4n) is 1.96. The molecule has 0 saturated heterocycles. The largest absolute Gasteiger partial charge is 0.310 e. The minimum Gasteiger partial charge on any atom is -0.310 e. The van der Waals surface area contributed by atoms with E-state index in [0.29, 0.717) is 16.5 Å². The summed E-state index contributed by atoms with van der Waals surface area (Å²) in [4.78, 5) is 0. The molecule has 1 aromatic rings. The van der Waals surface area contributed by atoms with Gasteiger partial charge < -0.3 is 5.32 Å². The molecule has 0 heterocycles. The summed E-state index contributed by atoms with van der Waals surface area (Å²) in [6.07, 6.45) is 2.34. The maximum Gasteiger partial charge on any atom is 0.129 e. The predicted octanol–water partition coefficient (Wildman–Crippen LogP) is 3.54. The Labute approximate surface area is 94.6 Å². The minimum atomic E-state index is -0.194. The SMILES string of the molecule is CCNC(c1c(F)cccc1Cl)C1CC1. The summed E-state index contributed by atoms with van der Waals surface area (Å²) in [5.41, 5.74) is 0.642. The van der Waals surface area contributed by atoms with Gasteiger partial charge in [-0.3, -0.25) is 0 Å². The van der Waals surface area contributed by atoms with Gasteiger partial charge >= 0.3 is 0 Å². The number of hydrogen-bond donors (Lipinski definition) is 1. The van der Waals surface area contributed by atoms with E-state index in [4.69, 9.17) is 11.6 Å². The molecule has 1 saturated carbocycles. The molecule has 1 aromatic carbocycles. The van der Waals surface area contributed by atoms with Crippen LogP contribution in [0, 0.1) is 11.7 Å². The molecular formula is C12H15ClFN. The van der Waals surface area contributed by atoms with Gasteiger partial charge in [0, 0.05) is 16.6 Å². The summed E-state index contributed by atoms with van der Waals surface area (Å²) >= 11 is 6.05. The van der Waals surface area contributed by atoms with Crippen LogP contribution in [0.5, 0.6) is 0 Å². The molecule has 1 aliphatic carbocycles. The van der Waals surface area contributed by atoms with Crippen molar-refractivity contribution < 1.29 is 4.39 Å². The number of hydrogen-bond acceptors (Lipinski definition) is 1. The van der Waals surface area contributed by atoms with Crippen molar-refractivity contribution >= 4 is 11.6 Å². The second-order valence-electron chi connectivity index (χ2n) is 4.01. The van der Waals surface area contributed by atoms with Crippen molar-refractivity contribution in [2.75, 3.05) is 6.54 Å². The van der Waals surface area contributed by atoms with Crippen molar-refractivity contribution in [1.29, 1.82) is 0 Å². The highest BCUT2D eigenvalue weighted by Gasteiger charge is 2.34. The van der Waals surface area contributed by atoms with E-state index in [1.807, 2.05) is 6.92 Å². The molecule has 0 aromatic heterocycles. The van der Waals surface area contributed by atoms with Gasteiger partial charge in [-0.1, -0.05) is 24.6 Å². The van der Waals surface area contributed by atoms with E-state index in [0.717, 1.165) is 6.54 Å². The molecule has 0 amide bonds. The second-order valence-corrected chi connectivity index (χ2v) is 4.42. The Hall–Kier alpha value is -0.600. The molecule has 1 fully saturated rings. The second kappa shape index (κ2) is 4.50. The summed E-state index contributed by atoms with van der Waals surface area (Å²) in [5.74, 6) is 0.361. The van der Waals surface area contributed by atoms with Crippen molar-refractivity contribution in [1.82, 2.24) is 5.32 Å². The van der Waals surface area contributed by atoms with Crippen LogP contribution < -0.4 is 5.32 Å². The van der Waals surface area contributed by atoms with Gasteiger partial charge in [0.05, 0.1) is 0 Å². The molecule has 0 radical (unpaired) electrons. The Bertz CT molecular complexity index is 329. The standard InChI is InChI=1S/C12H15ClFN/c1-2-15-12(8-6-7-8)11-9(13)4-3-5-10(11)14/h3-5,8,12,15H,2,6-7H2,1H3. The summed E-state index contributed by atoms with van der Waals surface area (Å²) in [6.45, 7) is 2.87. The van der Waals surface area contributed by atoms with Crippen molar-refractivity contribution in [3.8, 4) is 0 Å². The number of rotatable bonds is 4. The third-order valence-electron chi connectivity index (χ3n) is 2.83. The van der Waals surface area contributed by atoms with Crippen LogP contribution in [0.3, 0.4) is 0 Å². The van der Waals surface area contributed by atoms with Gasteiger partial charge in [0.2, 0.25) is 0 Å². The average Bonchev–Trinajstić information content (AvgIpc) is 2.99. The fraction of sp³-hybridized carbons (Fsp3) is 0.500. The monoisotopic (exact) mass is 227 g/mol. The van der Waals surface area contributed by atoms with Crippen LogP contribution in [0.25, 0.3) is 0 Å². The van der Waals surface area contributed by atoms with Crippen molar-refractivity contribution in [3.05, 3.63) is 34.6 Å². The lowest BCUT2D eigenvalue weighted by molar-refractivity contribution is 0.469. The first kappa shape index (κ1) is 10.9. The Morgan fingerprint density at radius 1 is 1.53 bits per heavy atom. The average molecular weight is 228 g/mol. The van der Waals surface area contributed by atoms with E-state index < -0.39 is 0 Å². The van der Waals surface area contributed by atoms with Crippen molar-refractivity contribution in [3.63, 3.8) is 0 Å².